The number of amidine groups is 1. The van der Waals surface area contributed by atoms with Crippen LogP contribution < -0.4 is 10.6 Å². The van der Waals surface area contributed by atoms with E-state index in [9.17, 15) is 8.42 Å². The van der Waals surface area contributed by atoms with Gasteiger partial charge >= 0.3 is 0 Å². The van der Waals surface area contributed by atoms with E-state index in [1.54, 1.807) is 36.4 Å². The van der Waals surface area contributed by atoms with Gasteiger partial charge in [0.05, 0.1) is 27.2 Å². The highest BCUT2D eigenvalue weighted by molar-refractivity contribution is 7.89. The first-order chi connectivity index (χ1) is 13.3. The second-order valence-corrected chi connectivity index (χ2v) is 9.16. The van der Waals surface area contributed by atoms with Gasteiger partial charge in [0.15, 0.2) is 0 Å². The Balaban J connectivity index is 1.80. The zero-order valence-corrected chi connectivity index (χ0v) is 17.8. The maximum absolute atomic E-state index is 12.9. The van der Waals surface area contributed by atoms with Crippen molar-refractivity contribution in [2.24, 2.45) is 10.7 Å². The van der Waals surface area contributed by atoms with E-state index in [2.05, 4.69) is 4.99 Å². The number of hydrogen-bond donors (Lipinski definition) is 1. The van der Waals surface area contributed by atoms with Crippen LogP contribution in [-0.4, -0.2) is 50.6 Å². The predicted octanol–water partition coefficient (Wildman–Crippen LogP) is 3.39. The van der Waals surface area contributed by atoms with Gasteiger partial charge in [-0.2, -0.15) is 4.31 Å². The van der Waals surface area contributed by atoms with Crippen LogP contribution in [0.5, 0.6) is 0 Å². The Morgan fingerprint density at radius 2 is 1.75 bits per heavy atom. The van der Waals surface area contributed by atoms with Crippen LogP contribution in [0, 0.1) is 6.92 Å². The molecule has 0 spiro atoms. The van der Waals surface area contributed by atoms with Crippen molar-refractivity contribution >= 4 is 50.4 Å². The number of rotatable bonds is 5. The molecule has 150 valence electrons. The molecule has 0 amide bonds. The molecule has 0 bridgehead atoms. The zero-order valence-electron chi connectivity index (χ0n) is 15.5. The molecule has 2 aromatic carbocycles. The fourth-order valence-corrected chi connectivity index (χ4v) is 4.87. The summed E-state index contributed by atoms with van der Waals surface area (Å²) < 4.78 is 27.3. The summed E-state index contributed by atoms with van der Waals surface area (Å²) in [6.45, 7) is 3.64. The Morgan fingerprint density at radius 3 is 2.36 bits per heavy atom. The summed E-state index contributed by atoms with van der Waals surface area (Å²) in [5.41, 5.74) is 8.16. The van der Waals surface area contributed by atoms with Crippen LogP contribution in [-0.2, 0) is 10.0 Å². The average molecular weight is 441 g/mol. The lowest BCUT2D eigenvalue weighted by Crippen LogP contribution is -2.48. The molecule has 28 heavy (non-hydrogen) atoms. The molecule has 1 heterocycles. The Hall–Kier alpha value is -1.80. The number of para-hydroxylation sites is 1. The first kappa shape index (κ1) is 20.9. The fraction of sp³-hybridized carbons (Fsp3) is 0.316. The Bertz CT molecular complexity index is 970. The molecular formula is C19H22Cl2N4O2S. The van der Waals surface area contributed by atoms with Gasteiger partial charge in [0.25, 0.3) is 0 Å². The van der Waals surface area contributed by atoms with Gasteiger partial charge in [0.2, 0.25) is 10.0 Å². The molecule has 3 rings (SSSR count). The van der Waals surface area contributed by atoms with E-state index in [0.717, 1.165) is 11.3 Å². The maximum atomic E-state index is 12.9. The molecule has 0 aliphatic carbocycles. The molecule has 0 unspecified atom stereocenters. The summed E-state index contributed by atoms with van der Waals surface area (Å²) in [4.78, 5) is 6.68. The lowest BCUT2D eigenvalue weighted by molar-refractivity contribution is 0.385. The Labute approximate surface area is 175 Å². The normalized spacial score (nSPS) is 16.4. The largest absolute Gasteiger partial charge is 0.386 e. The highest BCUT2D eigenvalue weighted by Gasteiger charge is 2.29. The van der Waals surface area contributed by atoms with Crippen LogP contribution in [0.2, 0.25) is 5.02 Å². The molecule has 1 fully saturated rings. The topological polar surface area (TPSA) is 79.0 Å². The van der Waals surface area contributed by atoms with E-state index < -0.39 is 10.0 Å². The number of alkyl halides is 1. The van der Waals surface area contributed by atoms with E-state index in [-0.39, 0.29) is 5.88 Å². The first-order valence-corrected chi connectivity index (χ1v) is 11.2. The first-order valence-electron chi connectivity index (χ1n) is 8.82. The number of nitrogens with zero attached hydrogens (tertiary/aromatic N) is 3. The van der Waals surface area contributed by atoms with Gasteiger partial charge in [-0.3, -0.25) is 0 Å². The standard InChI is InChI=1S/C19H22Cl2N4O2S/c1-14-5-7-15(8-6-14)28(26,27)25-11-9-24(10-12-25)19-16(21)3-2-4-17(19)23-18(22)13-20/h2-8H,9-13H2,1H3,(H2,22,23). The van der Waals surface area contributed by atoms with Crippen molar-refractivity contribution in [1.82, 2.24) is 4.31 Å². The van der Waals surface area contributed by atoms with Gasteiger partial charge in [0, 0.05) is 26.2 Å². The Morgan fingerprint density at radius 1 is 1.11 bits per heavy atom. The van der Waals surface area contributed by atoms with Crippen molar-refractivity contribution in [3.8, 4) is 0 Å². The third-order valence-electron chi connectivity index (χ3n) is 4.58. The van der Waals surface area contributed by atoms with Gasteiger partial charge in [-0.05, 0) is 31.2 Å². The van der Waals surface area contributed by atoms with E-state index in [1.807, 2.05) is 17.9 Å². The molecule has 1 aliphatic heterocycles. The molecule has 0 saturated carbocycles. The van der Waals surface area contributed by atoms with Gasteiger partial charge in [-0.1, -0.05) is 35.4 Å². The Kier molecular flexibility index (Phi) is 6.50. The fourth-order valence-electron chi connectivity index (χ4n) is 3.10. The van der Waals surface area contributed by atoms with Crippen molar-refractivity contribution in [3.05, 3.63) is 53.1 Å². The van der Waals surface area contributed by atoms with Crippen LogP contribution in [0.3, 0.4) is 0 Å². The molecule has 2 aromatic rings. The third-order valence-corrected chi connectivity index (χ3v) is 7.07. The summed E-state index contributed by atoms with van der Waals surface area (Å²) in [6, 6.07) is 12.3. The SMILES string of the molecule is Cc1ccc(S(=O)(=O)N2CCN(c3c(Cl)cccc3N=C(N)CCl)CC2)cc1. The highest BCUT2D eigenvalue weighted by atomic mass is 35.5. The van der Waals surface area contributed by atoms with Gasteiger partial charge in [-0.15, -0.1) is 11.6 Å². The lowest BCUT2D eigenvalue weighted by Gasteiger charge is -2.36. The van der Waals surface area contributed by atoms with Gasteiger partial charge in [-0.25, -0.2) is 13.4 Å². The van der Waals surface area contributed by atoms with Crippen LogP contribution in [0.25, 0.3) is 0 Å². The number of benzene rings is 2. The predicted molar refractivity (Wildman–Crippen MR) is 116 cm³/mol. The molecule has 1 aliphatic rings. The number of anilines is 1. The number of halogens is 2. The van der Waals surface area contributed by atoms with Crippen LogP contribution in [0.4, 0.5) is 11.4 Å². The summed E-state index contributed by atoms with van der Waals surface area (Å²) in [7, 11) is -3.52. The van der Waals surface area contributed by atoms with Gasteiger partial charge < -0.3 is 10.6 Å². The lowest BCUT2D eigenvalue weighted by atomic mass is 10.2. The number of sulfonamides is 1. The molecule has 0 aromatic heterocycles. The smallest absolute Gasteiger partial charge is 0.243 e. The van der Waals surface area contributed by atoms with Crippen LogP contribution in [0.1, 0.15) is 5.56 Å². The van der Waals surface area contributed by atoms with Crippen molar-refractivity contribution in [3.63, 3.8) is 0 Å². The van der Waals surface area contributed by atoms with Crippen LogP contribution in [0.15, 0.2) is 52.4 Å². The minimum atomic E-state index is -3.52. The quantitative estimate of drug-likeness (QED) is 0.438. The molecule has 6 nitrogen and oxygen atoms in total. The van der Waals surface area contributed by atoms with Crippen molar-refractivity contribution in [2.45, 2.75) is 11.8 Å². The van der Waals surface area contributed by atoms with E-state index in [0.29, 0.717) is 47.6 Å². The maximum Gasteiger partial charge on any atom is 0.243 e. The third kappa shape index (κ3) is 4.43. The summed E-state index contributed by atoms with van der Waals surface area (Å²) in [5, 5.41) is 0.540. The molecule has 9 heteroatoms. The van der Waals surface area contributed by atoms with Crippen molar-refractivity contribution < 1.29 is 8.42 Å². The van der Waals surface area contributed by atoms with Crippen LogP contribution >= 0.6 is 23.2 Å². The molecular weight excluding hydrogens is 419 g/mol. The zero-order chi connectivity index (χ0) is 20.3. The monoisotopic (exact) mass is 440 g/mol. The molecule has 0 atom stereocenters. The molecule has 1 saturated heterocycles. The highest BCUT2D eigenvalue weighted by Crippen LogP contribution is 2.37. The number of nitrogens with two attached hydrogens (primary N) is 1. The van der Waals surface area contributed by atoms with E-state index >= 15 is 0 Å². The number of piperazine rings is 1. The molecule has 2 N–H and O–H groups in total. The summed E-state index contributed by atoms with van der Waals surface area (Å²) >= 11 is 12.2. The second kappa shape index (κ2) is 8.69. The molecule has 0 radical (unpaired) electrons. The summed E-state index contributed by atoms with van der Waals surface area (Å²) in [6.07, 6.45) is 0. The van der Waals surface area contributed by atoms with Crippen molar-refractivity contribution in [2.75, 3.05) is 37.0 Å². The average Bonchev–Trinajstić information content (AvgIpc) is 2.68. The summed E-state index contributed by atoms with van der Waals surface area (Å²) in [5.74, 6) is 0.417. The van der Waals surface area contributed by atoms with Crippen molar-refractivity contribution in [1.29, 1.82) is 0 Å². The van der Waals surface area contributed by atoms with E-state index in [1.165, 1.54) is 4.31 Å². The minimum absolute atomic E-state index is 0.120. The second-order valence-electron chi connectivity index (χ2n) is 6.55. The van der Waals surface area contributed by atoms with Gasteiger partial charge in [0.1, 0.15) is 5.84 Å². The van der Waals surface area contributed by atoms with E-state index in [4.69, 9.17) is 28.9 Å². The number of aryl methyl sites for hydroxylation is 1. The number of hydrogen-bond acceptors (Lipinski definition) is 4. The minimum Gasteiger partial charge on any atom is -0.386 e. The number of aliphatic imine (C=N–C) groups is 1.